The predicted octanol–water partition coefficient (Wildman–Crippen LogP) is 3.04. The van der Waals surface area contributed by atoms with Crippen LogP contribution in [0.2, 0.25) is 0 Å². The molecule has 2 fully saturated rings. The number of carbonyl (C=O) groups is 1. The van der Waals surface area contributed by atoms with Gasteiger partial charge in [-0.05, 0) is 56.1 Å². The Labute approximate surface area is 150 Å². The van der Waals surface area contributed by atoms with Gasteiger partial charge in [-0.3, -0.25) is 4.79 Å². The number of para-hydroxylation sites is 2. The molecule has 2 aliphatic rings. The molecule has 2 saturated heterocycles. The van der Waals surface area contributed by atoms with Crippen LogP contribution in [-0.4, -0.2) is 43.9 Å². The molecule has 138 valence electrons. The average Bonchev–Trinajstić information content (AvgIpc) is 2.68. The van der Waals surface area contributed by atoms with Crippen molar-refractivity contribution in [1.82, 2.24) is 0 Å². The number of benzene rings is 1. The fourth-order valence-corrected chi connectivity index (χ4v) is 3.79. The van der Waals surface area contributed by atoms with Crippen molar-refractivity contribution in [3.05, 3.63) is 24.3 Å². The van der Waals surface area contributed by atoms with Gasteiger partial charge in [0.15, 0.2) is 0 Å². The third-order valence-corrected chi connectivity index (χ3v) is 5.51. The summed E-state index contributed by atoms with van der Waals surface area (Å²) in [6.07, 6.45) is 5.67. The summed E-state index contributed by atoms with van der Waals surface area (Å²) < 4.78 is 5.38. The largest absolute Gasteiger partial charge is 0.396 e. The van der Waals surface area contributed by atoms with Crippen LogP contribution in [0.4, 0.5) is 11.4 Å². The minimum absolute atomic E-state index is 0.101. The van der Waals surface area contributed by atoms with Crippen molar-refractivity contribution in [3.8, 4) is 0 Å². The Hall–Kier alpha value is -1.59. The maximum Gasteiger partial charge on any atom is 0.224 e. The number of aliphatic hydroxyl groups is 1. The average molecular weight is 346 g/mol. The minimum atomic E-state index is 0.101. The SMILES string of the molecule is O=C(CCC1CCOCC1)Nc1ccccc1N1CCC(CO)CC1. The monoisotopic (exact) mass is 346 g/mol. The number of ether oxygens (including phenoxy) is 1. The highest BCUT2D eigenvalue weighted by molar-refractivity contribution is 5.94. The summed E-state index contributed by atoms with van der Waals surface area (Å²) >= 11 is 0. The number of piperidine rings is 1. The molecule has 0 bridgehead atoms. The van der Waals surface area contributed by atoms with E-state index in [2.05, 4.69) is 16.3 Å². The molecule has 25 heavy (non-hydrogen) atoms. The lowest BCUT2D eigenvalue weighted by Crippen LogP contribution is -2.35. The molecule has 0 spiro atoms. The van der Waals surface area contributed by atoms with E-state index in [9.17, 15) is 9.90 Å². The molecule has 2 heterocycles. The van der Waals surface area contributed by atoms with Crippen molar-refractivity contribution >= 4 is 17.3 Å². The summed E-state index contributed by atoms with van der Waals surface area (Å²) in [5.41, 5.74) is 2.00. The summed E-state index contributed by atoms with van der Waals surface area (Å²) in [7, 11) is 0. The Kier molecular flexibility index (Phi) is 6.70. The Bertz CT molecular complexity index is 550. The van der Waals surface area contributed by atoms with E-state index in [1.165, 1.54) is 0 Å². The van der Waals surface area contributed by atoms with Gasteiger partial charge in [-0.1, -0.05) is 12.1 Å². The number of nitrogens with zero attached hydrogens (tertiary/aromatic N) is 1. The van der Waals surface area contributed by atoms with Crippen molar-refractivity contribution in [2.75, 3.05) is 43.1 Å². The number of hydrogen-bond donors (Lipinski definition) is 2. The van der Waals surface area contributed by atoms with Gasteiger partial charge >= 0.3 is 0 Å². The molecule has 2 N–H and O–H groups in total. The first-order valence-electron chi connectivity index (χ1n) is 9.58. The van der Waals surface area contributed by atoms with Crippen molar-refractivity contribution in [1.29, 1.82) is 0 Å². The standard InChI is InChI=1S/C20H30N2O3/c23-15-17-7-11-22(12-8-17)19-4-2-1-3-18(19)21-20(24)6-5-16-9-13-25-14-10-16/h1-4,16-17,23H,5-15H2,(H,21,24). The molecule has 0 saturated carbocycles. The molecular weight excluding hydrogens is 316 g/mol. The first kappa shape index (κ1) is 18.2. The van der Waals surface area contributed by atoms with E-state index >= 15 is 0 Å². The van der Waals surface area contributed by atoms with Gasteiger partial charge in [-0.2, -0.15) is 0 Å². The number of carbonyl (C=O) groups excluding carboxylic acids is 1. The smallest absolute Gasteiger partial charge is 0.224 e. The number of aliphatic hydroxyl groups excluding tert-OH is 1. The lowest BCUT2D eigenvalue weighted by Gasteiger charge is -2.34. The third kappa shape index (κ3) is 5.19. The first-order chi connectivity index (χ1) is 12.3. The van der Waals surface area contributed by atoms with Gasteiger partial charge in [-0.15, -0.1) is 0 Å². The number of nitrogens with one attached hydrogen (secondary N) is 1. The molecule has 5 heteroatoms. The summed E-state index contributed by atoms with van der Waals surface area (Å²) in [5.74, 6) is 1.13. The maximum absolute atomic E-state index is 12.4. The first-order valence-corrected chi connectivity index (χ1v) is 9.58. The van der Waals surface area contributed by atoms with Crippen LogP contribution in [0.15, 0.2) is 24.3 Å². The number of anilines is 2. The Balaban J connectivity index is 1.54. The fraction of sp³-hybridized carbons (Fsp3) is 0.650. The fourth-order valence-electron chi connectivity index (χ4n) is 3.79. The molecule has 3 rings (SSSR count). The lowest BCUT2D eigenvalue weighted by atomic mass is 9.95. The van der Waals surface area contributed by atoms with Crippen LogP contribution >= 0.6 is 0 Å². The molecule has 0 atom stereocenters. The second kappa shape index (κ2) is 9.20. The topological polar surface area (TPSA) is 61.8 Å². The van der Waals surface area contributed by atoms with E-state index in [1.54, 1.807) is 0 Å². The third-order valence-electron chi connectivity index (χ3n) is 5.51. The van der Waals surface area contributed by atoms with Crippen molar-refractivity contribution < 1.29 is 14.6 Å². The summed E-state index contributed by atoms with van der Waals surface area (Å²) in [5, 5.41) is 12.4. The second-order valence-electron chi connectivity index (χ2n) is 7.27. The molecule has 1 aromatic rings. The molecule has 1 amide bonds. The van der Waals surface area contributed by atoms with E-state index in [1.807, 2.05) is 18.2 Å². The van der Waals surface area contributed by atoms with Crippen LogP contribution in [0.25, 0.3) is 0 Å². The van der Waals surface area contributed by atoms with Crippen LogP contribution in [0.5, 0.6) is 0 Å². The van der Waals surface area contributed by atoms with Crippen molar-refractivity contribution in [2.24, 2.45) is 11.8 Å². The molecule has 0 aromatic heterocycles. The van der Waals surface area contributed by atoms with Crippen molar-refractivity contribution in [3.63, 3.8) is 0 Å². The highest BCUT2D eigenvalue weighted by atomic mass is 16.5. The highest BCUT2D eigenvalue weighted by Crippen LogP contribution is 2.30. The lowest BCUT2D eigenvalue weighted by molar-refractivity contribution is -0.116. The summed E-state index contributed by atoms with van der Waals surface area (Å²) in [6.45, 7) is 3.80. The molecular formula is C20H30N2O3. The van der Waals surface area contributed by atoms with E-state index in [0.717, 1.165) is 69.8 Å². The Morgan fingerprint density at radius 2 is 1.84 bits per heavy atom. The van der Waals surface area contributed by atoms with Crippen LogP contribution in [0.3, 0.4) is 0 Å². The van der Waals surface area contributed by atoms with Gasteiger partial charge in [0.1, 0.15) is 0 Å². The van der Waals surface area contributed by atoms with Crippen LogP contribution in [0.1, 0.15) is 38.5 Å². The normalized spacial score (nSPS) is 19.8. The van der Waals surface area contributed by atoms with Crippen LogP contribution < -0.4 is 10.2 Å². The van der Waals surface area contributed by atoms with Gasteiger partial charge in [-0.25, -0.2) is 0 Å². The molecule has 2 aliphatic heterocycles. The molecule has 0 unspecified atom stereocenters. The van der Waals surface area contributed by atoms with Gasteiger partial charge in [0.2, 0.25) is 5.91 Å². The maximum atomic E-state index is 12.4. The number of rotatable bonds is 6. The number of amides is 1. The molecule has 5 nitrogen and oxygen atoms in total. The highest BCUT2D eigenvalue weighted by Gasteiger charge is 2.21. The zero-order chi connectivity index (χ0) is 17.5. The molecule has 0 radical (unpaired) electrons. The summed E-state index contributed by atoms with van der Waals surface area (Å²) in [6, 6.07) is 8.05. The minimum Gasteiger partial charge on any atom is -0.396 e. The van der Waals surface area contributed by atoms with E-state index in [0.29, 0.717) is 18.3 Å². The van der Waals surface area contributed by atoms with E-state index < -0.39 is 0 Å². The van der Waals surface area contributed by atoms with E-state index in [4.69, 9.17) is 4.74 Å². The van der Waals surface area contributed by atoms with Crippen molar-refractivity contribution in [2.45, 2.75) is 38.5 Å². The predicted molar refractivity (Wildman–Crippen MR) is 99.9 cm³/mol. The summed E-state index contributed by atoms with van der Waals surface area (Å²) in [4.78, 5) is 14.7. The molecule has 0 aliphatic carbocycles. The van der Waals surface area contributed by atoms with Crippen LogP contribution in [-0.2, 0) is 9.53 Å². The van der Waals surface area contributed by atoms with Gasteiger partial charge in [0.25, 0.3) is 0 Å². The zero-order valence-corrected chi connectivity index (χ0v) is 15.0. The van der Waals surface area contributed by atoms with Gasteiger partial charge < -0.3 is 20.1 Å². The van der Waals surface area contributed by atoms with Gasteiger partial charge in [0, 0.05) is 39.3 Å². The second-order valence-corrected chi connectivity index (χ2v) is 7.27. The molecule has 1 aromatic carbocycles. The van der Waals surface area contributed by atoms with Crippen LogP contribution in [0, 0.1) is 11.8 Å². The van der Waals surface area contributed by atoms with Gasteiger partial charge in [0.05, 0.1) is 11.4 Å². The van der Waals surface area contributed by atoms with E-state index in [-0.39, 0.29) is 12.5 Å². The zero-order valence-electron chi connectivity index (χ0n) is 15.0. The Morgan fingerprint density at radius 1 is 1.12 bits per heavy atom. The quantitative estimate of drug-likeness (QED) is 0.831. The Morgan fingerprint density at radius 3 is 2.56 bits per heavy atom. The number of hydrogen-bond acceptors (Lipinski definition) is 4.